The molecule has 4 aromatic rings. The Hall–Kier alpha value is -3.71. The largest absolute Gasteiger partial charge is 0.363 e. The molecule has 0 radical (unpaired) electrons. The highest BCUT2D eigenvalue weighted by Crippen LogP contribution is 2.26. The molecular weight excluding hydrogens is 430 g/mol. The number of nitrogens with zero attached hydrogens (tertiary/aromatic N) is 4. The van der Waals surface area contributed by atoms with Gasteiger partial charge in [-0.05, 0) is 29.3 Å². The molecule has 0 saturated carbocycles. The number of anilines is 1. The van der Waals surface area contributed by atoms with Crippen molar-refractivity contribution in [1.29, 1.82) is 0 Å². The Bertz CT molecular complexity index is 1200. The molecule has 0 spiro atoms. The van der Waals surface area contributed by atoms with Crippen molar-refractivity contribution in [3.05, 3.63) is 102 Å². The van der Waals surface area contributed by atoms with Crippen LogP contribution in [0, 0.1) is 0 Å². The van der Waals surface area contributed by atoms with E-state index in [1.165, 1.54) is 0 Å². The summed E-state index contributed by atoms with van der Waals surface area (Å²) in [4.78, 5) is 27.9. The number of aromatic nitrogens is 3. The van der Waals surface area contributed by atoms with Crippen LogP contribution in [0.4, 0.5) is 5.82 Å². The number of benzene rings is 2. The number of nitrogens with one attached hydrogen (secondary N) is 1. The van der Waals surface area contributed by atoms with Gasteiger partial charge in [0.05, 0.1) is 5.69 Å². The zero-order chi connectivity index (χ0) is 23.0. The predicted molar refractivity (Wildman–Crippen MR) is 133 cm³/mol. The first-order chi connectivity index (χ1) is 16.1. The van der Waals surface area contributed by atoms with Crippen LogP contribution in [0.2, 0.25) is 0 Å². The van der Waals surface area contributed by atoms with E-state index in [0.717, 1.165) is 33.4 Å². The highest BCUT2D eigenvalue weighted by Gasteiger charge is 2.10. The molecule has 0 aliphatic heterocycles. The molecule has 2 aromatic carbocycles. The average Bonchev–Trinajstić information content (AvgIpc) is 2.87. The van der Waals surface area contributed by atoms with E-state index >= 15 is 0 Å². The molecule has 1 N–H and O–H groups in total. The molecule has 0 bridgehead atoms. The molecule has 0 saturated heterocycles. The third-order valence-corrected chi connectivity index (χ3v) is 5.90. The van der Waals surface area contributed by atoms with Gasteiger partial charge in [-0.25, -0.2) is 9.97 Å². The summed E-state index contributed by atoms with van der Waals surface area (Å²) in [7, 11) is 3.95. The van der Waals surface area contributed by atoms with E-state index in [1.807, 2.05) is 91.8 Å². The number of hydrogen-bond acceptors (Lipinski definition) is 6. The molecule has 0 aliphatic rings. The number of amides is 1. The van der Waals surface area contributed by atoms with Crippen molar-refractivity contribution >= 4 is 23.5 Å². The molecular formula is C26H25N5OS. The summed E-state index contributed by atoms with van der Waals surface area (Å²) < 4.78 is 0. The first-order valence-electron chi connectivity index (χ1n) is 10.6. The first kappa shape index (κ1) is 22.5. The van der Waals surface area contributed by atoms with Gasteiger partial charge in [0.2, 0.25) is 0 Å². The van der Waals surface area contributed by atoms with E-state index in [1.54, 1.807) is 24.2 Å². The van der Waals surface area contributed by atoms with E-state index in [-0.39, 0.29) is 5.91 Å². The summed E-state index contributed by atoms with van der Waals surface area (Å²) in [5.41, 5.74) is 4.66. The van der Waals surface area contributed by atoms with Gasteiger partial charge in [0.15, 0.2) is 5.16 Å². The highest BCUT2D eigenvalue weighted by molar-refractivity contribution is 7.98. The Morgan fingerprint density at radius 3 is 2.42 bits per heavy atom. The molecule has 6 nitrogen and oxygen atoms in total. The van der Waals surface area contributed by atoms with Gasteiger partial charge in [0, 0.05) is 56.0 Å². The standard InChI is InChI=1S/C26H25N5OS/c1-31(2)24-15-23(21-8-4-3-5-9-21)29-26(30-24)33-18-19-10-12-22(13-11-19)25(32)28-17-20-7-6-14-27-16-20/h3-16H,17-18H2,1-2H3,(H,28,32). The summed E-state index contributed by atoms with van der Waals surface area (Å²) in [5.74, 6) is 1.47. The molecule has 1 amide bonds. The summed E-state index contributed by atoms with van der Waals surface area (Å²) in [5, 5.41) is 3.64. The second-order valence-electron chi connectivity index (χ2n) is 7.68. The number of thioether (sulfide) groups is 1. The fourth-order valence-electron chi connectivity index (χ4n) is 3.15. The van der Waals surface area contributed by atoms with Gasteiger partial charge >= 0.3 is 0 Å². The van der Waals surface area contributed by atoms with Crippen LogP contribution >= 0.6 is 11.8 Å². The predicted octanol–water partition coefficient (Wildman–Crippen LogP) is 4.83. The summed E-state index contributed by atoms with van der Waals surface area (Å²) in [6, 6.07) is 23.5. The maximum atomic E-state index is 12.4. The molecule has 0 atom stereocenters. The lowest BCUT2D eigenvalue weighted by molar-refractivity contribution is 0.0951. The maximum Gasteiger partial charge on any atom is 0.251 e. The van der Waals surface area contributed by atoms with Crippen molar-refractivity contribution in [2.24, 2.45) is 0 Å². The molecule has 33 heavy (non-hydrogen) atoms. The van der Waals surface area contributed by atoms with Gasteiger partial charge < -0.3 is 10.2 Å². The topological polar surface area (TPSA) is 71.0 Å². The summed E-state index contributed by atoms with van der Waals surface area (Å²) in [6.45, 7) is 0.452. The van der Waals surface area contributed by atoms with Crippen LogP contribution in [-0.2, 0) is 12.3 Å². The first-order valence-corrected chi connectivity index (χ1v) is 11.6. The summed E-state index contributed by atoms with van der Waals surface area (Å²) >= 11 is 1.58. The monoisotopic (exact) mass is 455 g/mol. The van der Waals surface area contributed by atoms with Crippen LogP contribution in [0.3, 0.4) is 0 Å². The number of hydrogen-bond donors (Lipinski definition) is 1. The number of carbonyl (C=O) groups excluding carboxylic acids is 1. The summed E-state index contributed by atoms with van der Waals surface area (Å²) in [6.07, 6.45) is 3.46. The van der Waals surface area contributed by atoms with Gasteiger partial charge in [0.1, 0.15) is 5.82 Å². The van der Waals surface area contributed by atoms with Gasteiger partial charge in [-0.2, -0.15) is 0 Å². The fraction of sp³-hybridized carbons (Fsp3) is 0.154. The third-order valence-electron chi connectivity index (χ3n) is 4.98. The second kappa shape index (κ2) is 10.7. The fourth-order valence-corrected chi connectivity index (χ4v) is 3.96. The Labute approximate surface area is 198 Å². The van der Waals surface area contributed by atoms with E-state index in [2.05, 4.69) is 15.3 Å². The lowest BCUT2D eigenvalue weighted by atomic mass is 10.1. The van der Waals surface area contributed by atoms with Crippen molar-refractivity contribution in [2.45, 2.75) is 17.5 Å². The molecule has 2 heterocycles. The zero-order valence-electron chi connectivity index (χ0n) is 18.6. The number of carbonyl (C=O) groups is 1. The van der Waals surface area contributed by atoms with Crippen LogP contribution < -0.4 is 10.2 Å². The molecule has 0 fully saturated rings. The van der Waals surface area contributed by atoms with Gasteiger partial charge in [-0.15, -0.1) is 0 Å². The minimum absolute atomic E-state index is 0.104. The minimum atomic E-state index is -0.104. The van der Waals surface area contributed by atoms with Crippen LogP contribution in [0.25, 0.3) is 11.3 Å². The maximum absolute atomic E-state index is 12.4. The molecule has 0 unspecified atom stereocenters. The molecule has 0 aliphatic carbocycles. The van der Waals surface area contributed by atoms with E-state index < -0.39 is 0 Å². The quantitative estimate of drug-likeness (QED) is 0.303. The van der Waals surface area contributed by atoms with Crippen LogP contribution in [0.5, 0.6) is 0 Å². The number of pyridine rings is 1. The smallest absolute Gasteiger partial charge is 0.251 e. The van der Waals surface area contributed by atoms with Crippen molar-refractivity contribution in [3.8, 4) is 11.3 Å². The van der Waals surface area contributed by atoms with Crippen molar-refractivity contribution in [2.75, 3.05) is 19.0 Å². The van der Waals surface area contributed by atoms with E-state index in [9.17, 15) is 4.79 Å². The highest BCUT2D eigenvalue weighted by atomic mass is 32.2. The lowest BCUT2D eigenvalue weighted by Crippen LogP contribution is -2.22. The van der Waals surface area contributed by atoms with Crippen LogP contribution in [0.15, 0.2) is 90.3 Å². The molecule has 2 aromatic heterocycles. The zero-order valence-corrected chi connectivity index (χ0v) is 19.4. The van der Waals surface area contributed by atoms with Crippen LogP contribution in [0.1, 0.15) is 21.5 Å². The SMILES string of the molecule is CN(C)c1cc(-c2ccccc2)nc(SCc2ccc(C(=O)NCc3cccnc3)cc2)n1. The lowest BCUT2D eigenvalue weighted by Gasteiger charge is -2.14. The minimum Gasteiger partial charge on any atom is -0.363 e. The Morgan fingerprint density at radius 1 is 0.939 bits per heavy atom. The third kappa shape index (κ3) is 6.17. The van der Waals surface area contributed by atoms with Crippen molar-refractivity contribution in [3.63, 3.8) is 0 Å². The van der Waals surface area contributed by atoms with Gasteiger partial charge in [-0.1, -0.05) is 60.3 Å². The van der Waals surface area contributed by atoms with Crippen molar-refractivity contribution < 1.29 is 4.79 Å². The number of rotatable bonds is 8. The Morgan fingerprint density at radius 2 is 1.73 bits per heavy atom. The second-order valence-corrected chi connectivity index (χ2v) is 8.63. The molecule has 4 rings (SSSR count). The van der Waals surface area contributed by atoms with E-state index in [4.69, 9.17) is 4.98 Å². The molecule has 166 valence electrons. The van der Waals surface area contributed by atoms with E-state index in [0.29, 0.717) is 17.9 Å². The van der Waals surface area contributed by atoms with Gasteiger partial charge in [-0.3, -0.25) is 9.78 Å². The van der Waals surface area contributed by atoms with Crippen molar-refractivity contribution in [1.82, 2.24) is 20.3 Å². The molecule has 7 heteroatoms. The Kier molecular flexibility index (Phi) is 7.32. The normalized spacial score (nSPS) is 10.6. The van der Waals surface area contributed by atoms with Gasteiger partial charge in [0.25, 0.3) is 5.91 Å². The van der Waals surface area contributed by atoms with Crippen LogP contribution in [-0.4, -0.2) is 35.0 Å². The average molecular weight is 456 g/mol. The Balaban J connectivity index is 1.40.